The molecule has 8 nitrogen and oxygen atoms in total. The van der Waals surface area contributed by atoms with Crippen LogP contribution < -0.4 is 9.62 Å². The third kappa shape index (κ3) is 7.21. The summed E-state index contributed by atoms with van der Waals surface area (Å²) in [5.41, 5.74) is 3.46. The van der Waals surface area contributed by atoms with Crippen LogP contribution in [0.4, 0.5) is 11.5 Å². The van der Waals surface area contributed by atoms with Crippen molar-refractivity contribution in [2.45, 2.75) is 39.0 Å². The largest absolute Gasteiger partial charge is 0.478 e. The number of rotatable bonds is 7. The maximum Gasteiger partial charge on any atom is 0.336 e. The van der Waals surface area contributed by atoms with Crippen LogP contribution in [0.15, 0.2) is 41.3 Å². The Morgan fingerprint density at radius 2 is 1.58 bits per heavy atom. The van der Waals surface area contributed by atoms with Gasteiger partial charge in [0.2, 0.25) is 0 Å². The molecule has 210 valence electrons. The van der Waals surface area contributed by atoms with E-state index in [0.717, 1.165) is 50.3 Å². The van der Waals surface area contributed by atoms with Crippen LogP contribution in [0.25, 0.3) is 10.9 Å². The van der Waals surface area contributed by atoms with E-state index in [-0.39, 0.29) is 47.7 Å². The van der Waals surface area contributed by atoms with E-state index in [4.69, 9.17) is 4.98 Å². The maximum absolute atomic E-state index is 13.1. The highest BCUT2D eigenvalue weighted by Gasteiger charge is 2.22. The molecule has 0 radical (unpaired) electrons. The molecule has 1 aliphatic heterocycles. The first-order chi connectivity index (χ1) is 16.6. The van der Waals surface area contributed by atoms with E-state index in [1.54, 1.807) is 37.3 Å². The number of nitrogens with one attached hydrogen (secondary N) is 1. The number of piperazine rings is 1. The summed E-state index contributed by atoms with van der Waals surface area (Å²) in [6, 6.07) is 9.93. The van der Waals surface area contributed by atoms with Crippen LogP contribution in [0, 0.1) is 20.8 Å². The predicted molar refractivity (Wildman–Crippen MR) is 161 cm³/mol. The first kappa shape index (κ1) is 33.7. The van der Waals surface area contributed by atoms with Gasteiger partial charge in [-0.15, -0.1) is 37.2 Å². The van der Waals surface area contributed by atoms with E-state index < -0.39 is 16.0 Å². The third-order valence-electron chi connectivity index (χ3n) is 6.59. The van der Waals surface area contributed by atoms with Crippen molar-refractivity contribution < 1.29 is 18.3 Å². The average Bonchev–Trinajstić information content (AvgIpc) is 2.81. The zero-order valence-electron chi connectivity index (χ0n) is 21.9. The van der Waals surface area contributed by atoms with E-state index in [9.17, 15) is 18.3 Å². The summed E-state index contributed by atoms with van der Waals surface area (Å²) in [6.45, 7) is 12.2. The molecule has 3 aromatic rings. The predicted octanol–water partition coefficient (Wildman–Crippen LogP) is 5.46. The number of aromatic carboxylic acids is 1. The number of aromatic nitrogens is 1. The van der Waals surface area contributed by atoms with Crippen LogP contribution in [0.1, 0.15) is 40.4 Å². The molecule has 12 heteroatoms. The van der Waals surface area contributed by atoms with Crippen molar-refractivity contribution in [2.75, 3.05) is 42.3 Å². The second-order valence-electron chi connectivity index (χ2n) is 9.20. The van der Waals surface area contributed by atoms with Gasteiger partial charge in [0.25, 0.3) is 10.0 Å². The lowest BCUT2D eigenvalue weighted by Crippen LogP contribution is -2.46. The lowest BCUT2D eigenvalue weighted by molar-refractivity contribution is 0.0699. The van der Waals surface area contributed by atoms with Crippen LogP contribution >= 0.6 is 37.2 Å². The van der Waals surface area contributed by atoms with Crippen LogP contribution in [0.3, 0.4) is 0 Å². The second kappa shape index (κ2) is 13.7. The molecule has 38 heavy (non-hydrogen) atoms. The number of aryl methyl sites for hydroxylation is 3. The highest BCUT2D eigenvalue weighted by molar-refractivity contribution is 7.92. The number of hydrogen-bond acceptors (Lipinski definition) is 6. The van der Waals surface area contributed by atoms with Crippen molar-refractivity contribution in [3.8, 4) is 0 Å². The Morgan fingerprint density at radius 3 is 2.18 bits per heavy atom. The standard InChI is InChI=1S/C26H32N4O4S.3ClH/c1-5-8-29-9-11-30(12-10-29)25-16-22(26(31)32)21-15-20(6-7-23(21)27-25)28-35(33,34)24-14-18(3)17(2)13-19(24)4;;;/h6-7,13-16,28H,5,8-12H2,1-4H3,(H,31,32);3*1H. The fraction of sp³-hybridized carbons (Fsp3) is 0.385. The molecule has 0 bridgehead atoms. The number of anilines is 2. The van der Waals surface area contributed by atoms with Gasteiger partial charge in [-0.2, -0.15) is 0 Å². The second-order valence-corrected chi connectivity index (χ2v) is 10.9. The molecule has 2 N–H and O–H groups in total. The van der Waals surface area contributed by atoms with Gasteiger partial charge in [0.15, 0.2) is 0 Å². The molecule has 0 saturated carbocycles. The topological polar surface area (TPSA) is 103 Å². The van der Waals surface area contributed by atoms with Gasteiger partial charge in [0, 0.05) is 37.3 Å². The summed E-state index contributed by atoms with van der Waals surface area (Å²) < 4.78 is 28.9. The van der Waals surface area contributed by atoms with Crippen molar-refractivity contribution in [3.63, 3.8) is 0 Å². The number of fused-ring (bicyclic) bond motifs is 1. The van der Waals surface area contributed by atoms with Crippen molar-refractivity contribution in [3.05, 3.63) is 58.7 Å². The Balaban J connectivity index is 0.00000241. The molecule has 0 aliphatic carbocycles. The van der Waals surface area contributed by atoms with Crippen LogP contribution in [0.5, 0.6) is 0 Å². The minimum atomic E-state index is -3.85. The van der Waals surface area contributed by atoms with E-state index in [0.29, 0.717) is 28.0 Å². The smallest absolute Gasteiger partial charge is 0.336 e. The lowest BCUT2D eigenvalue weighted by Gasteiger charge is -2.35. The molecule has 2 aromatic carbocycles. The van der Waals surface area contributed by atoms with Gasteiger partial charge in [-0.1, -0.05) is 13.0 Å². The van der Waals surface area contributed by atoms with Crippen LogP contribution in [-0.4, -0.2) is 62.1 Å². The van der Waals surface area contributed by atoms with Gasteiger partial charge < -0.3 is 10.0 Å². The number of pyridine rings is 1. The molecule has 0 atom stereocenters. The fourth-order valence-electron chi connectivity index (χ4n) is 4.56. The highest BCUT2D eigenvalue weighted by Crippen LogP contribution is 2.29. The van der Waals surface area contributed by atoms with Crippen molar-refractivity contribution in [1.82, 2.24) is 9.88 Å². The van der Waals surface area contributed by atoms with Gasteiger partial charge in [-0.25, -0.2) is 18.2 Å². The minimum Gasteiger partial charge on any atom is -0.478 e. The normalized spacial score (nSPS) is 13.7. The maximum atomic E-state index is 13.1. The van der Waals surface area contributed by atoms with E-state index in [1.807, 2.05) is 19.9 Å². The van der Waals surface area contributed by atoms with E-state index >= 15 is 0 Å². The summed E-state index contributed by atoms with van der Waals surface area (Å²) in [6.07, 6.45) is 1.10. The quantitative estimate of drug-likeness (QED) is 0.369. The molecule has 1 aromatic heterocycles. The molecule has 0 unspecified atom stereocenters. The average molecular weight is 606 g/mol. The number of sulfonamides is 1. The number of carboxylic acid groups (broad SMARTS) is 1. The fourth-order valence-corrected chi connectivity index (χ4v) is 5.93. The Morgan fingerprint density at radius 1 is 0.947 bits per heavy atom. The molecule has 0 amide bonds. The highest BCUT2D eigenvalue weighted by atomic mass is 35.5. The van der Waals surface area contributed by atoms with E-state index in [2.05, 4.69) is 21.4 Å². The summed E-state index contributed by atoms with van der Waals surface area (Å²) in [5.74, 6) is -0.446. The molecule has 1 saturated heterocycles. The molecule has 2 heterocycles. The summed E-state index contributed by atoms with van der Waals surface area (Å²) >= 11 is 0. The van der Waals surface area contributed by atoms with Gasteiger partial charge in [0.1, 0.15) is 5.82 Å². The number of benzene rings is 2. The van der Waals surface area contributed by atoms with Crippen molar-refractivity contribution >= 4 is 75.6 Å². The van der Waals surface area contributed by atoms with Gasteiger partial charge in [0.05, 0.1) is 16.0 Å². The first-order valence-corrected chi connectivity index (χ1v) is 13.3. The van der Waals surface area contributed by atoms with Crippen molar-refractivity contribution in [1.29, 1.82) is 0 Å². The van der Waals surface area contributed by atoms with E-state index in [1.165, 1.54) is 0 Å². The zero-order chi connectivity index (χ0) is 25.3. The lowest BCUT2D eigenvalue weighted by atomic mass is 10.1. The van der Waals surface area contributed by atoms with Gasteiger partial charge in [-0.3, -0.25) is 9.62 Å². The molecule has 0 spiro atoms. The Hall–Kier alpha value is -2.30. The number of hydrogen-bond donors (Lipinski definition) is 2. The number of carboxylic acids is 1. The summed E-state index contributed by atoms with van der Waals surface area (Å²) in [5, 5.41) is 10.3. The zero-order valence-corrected chi connectivity index (χ0v) is 25.1. The SMILES string of the molecule is CCCN1CCN(c2cc(C(=O)O)c3cc(NS(=O)(=O)c4cc(C)c(C)cc4C)ccc3n2)CC1.Cl.Cl.Cl. The Labute approximate surface area is 243 Å². The minimum absolute atomic E-state index is 0. The van der Waals surface area contributed by atoms with Crippen LogP contribution in [-0.2, 0) is 10.0 Å². The third-order valence-corrected chi connectivity index (χ3v) is 8.12. The van der Waals surface area contributed by atoms with Gasteiger partial charge in [-0.05, 0) is 80.8 Å². The Bertz CT molecular complexity index is 1390. The monoisotopic (exact) mass is 604 g/mol. The first-order valence-electron chi connectivity index (χ1n) is 11.8. The number of nitrogens with zero attached hydrogens (tertiary/aromatic N) is 3. The molecular formula is C26H35Cl3N4O4S. The molecule has 1 fully saturated rings. The molecular weight excluding hydrogens is 571 g/mol. The molecule has 4 rings (SSSR count). The van der Waals surface area contributed by atoms with Crippen molar-refractivity contribution in [2.24, 2.45) is 0 Å². The number of carbonyl (C=O) groups is 1. The Kier molecular flexibility index (Phi) is 12.1. The summed E-state index contributed by atoms with van der Waals surface area (Å²) in [4.78, 5) is 21.5. The van der Waals surface area contributed by atoms with Gasteiger partial charge >= 0.3 is 5.97 Å². The number of halogens is 3. The molecule has 1 aliphatic rings. The van der Waals surface area contributed by atoms with Crippen LogP contribution in [0.2, 0.25) is 0 Å². The summed E-state index contributed by atoms with van der Waals surface area (Å²) in [7, 11) is -3.85.